The van der Waals surface area contributed by atoms with Gasteiger partial charge in [-0.15, -0.1) is 0 Å². The van der Waals surface area contributed by atoms with Crippen LogP contribution in [0.3, 0.4) is 0 Å². The lowest BCUT2D eigenvalue weighted by atomic mass is 9.80. The fraction of sp³-hybridized carbons (Fsp3) is 0.360. The van der Waals surface area contributed by atoms with E-state index in [1.54, 1.807) is 0 Å². The van der Waals surface area contributed by atoms with Crippen molar-refractivity contribution in [3.63, 3.8) is 0 Å². The number of rotatable bonds is 5. The Kier molecular flexibility index (Phi) is 6.28. The number of nitrogens with two attached hydrogens (primary N) is 2. The van der Waals surface area contributed by atoms with Crippen molar-refractivity contribution in [1.29, 1.82) is 0 Å². The van der Waals surface area contributed by atoms with Gasteiger partial charge in [0.2, 0.25) is 0 Å². The minimum absolute atomic E-state index is 0.105. The SMILES string of the molecule is CC(C)Oc1ccc2nc(C=Cc3ccc(Cl)cc3)nc(C3CCC(N)(N)CC3)c2c1. The maximum absolute atomic E-state index is 6.17. The molecule has 1 heterocycles. The van der Waals surface area contributed by atoms with E-state index in [2.05, 4.69) is 6.07 Å². The van der Waals surface area contributed by atoms with Gasteiger partial charge < -0.3 is 16.2 Å². The predicted octanol–water partition coefficient (Wildman–Crippen LogP) is 5.51. The molecule has 0 unspecified atom stereocenters. The third-order valence-corrected chi connectivity index (χ3v) is 5.94. The van der Waals surface area contributed by atoms with Crippen LogP contribution in [0.25, 0.3) is 23.1 Å². The van der Waals surface area contributed by atoms with Crippen LogP contribution < -0.4 is 16.2 Å². The number of hydrogen-bond acceptors (Lipinski definition) is 5. The van der Waals surface area contributed by atoms with Gasteiger partial charge in [-0.1, -0.05) is 29.8 Å². The summed E-state index contributed by atoms with van der Waals surface area (Å²) in [6.45, 7) is 4.05. The fourth-order valence-corrected chi connectivity index (χ4v) is 4.18. The summed E-state index contributed by atoms with van der Waals surface area (Å²) in [6.07, 6.45) is 7.44. The molecule has 3 aromatic rings. The molecule has 0 atom stereocenters. The second kappa shape index (κ2) is 8.95. The van der Waals surface area contributed by atoms with Crippen molar-refractivity contribution >= 4 is 34.7 Å². The summed E-state index contributed by atoms with van der Waals surface area (Å²) in [7, 11) is 0. The van der Waals surface area contributed by atoms with Gasteiger partial charge in [0.15, 0.2) is 5.82 Å². The number of nitrogens with zero attached hydrogens (tertiary/aromatic N) is 2. The van der Waals surface area contributed by atoms with E-state index < -0.39 is 5.66 Å². The number of fused-ring (bicyclic) bond motifs is 1. The fourth-order valence-electron chi connectivity index (χ4n) is 4.05. The first-order valence-electron chi connectivity index (χ1n) is 10.8. The molecular weight excluding hydrogens is 408 g/mol. The van der Waals surface area contributed by atoms with E-state index in [4.69, 9.17) is 37.8 Å². The highest BCUT2D eigenvalue weighted by Crippen LogP contribution is 2.37. The van der Waals surface area contributed by atoms with Crippen molar-refractivity contribution in [2.75, 3.05) is 0 Å². The molecule has 1 aromatic heterocycles. The summed E-state index contributed by atoms with van der Waals surface area (Å²) in [5.74, 6) is 1.81. The topological polar surface area (TPSA) is 87.0 Å². The molecule has 0 bridgehead atoms. The second-order valence-corrected chi connectivity index (χ2v) is 9.14. The average molecular weight is 437 g/mol. The van der Waals surface area contributed by atoms with Crippen LogP contribution in [0.2, 0.25) is 5.02 Å². The lowest BCUT2D eigenvalue weighted by Gasteiger charge is -2.34. The van der Waals surface area contributed by atoms with E-state index >= 15 is 0 Å². The molecule has 5 nitrogen and oxygen atoms in total. The lowest BCUT2D eigenvalue weighted by Crippen LogP contribution is -2.51. The Morgan fingerprint density at radius 3 is 2.42 bits per heavy atom. The van der Waals surface area contributed by atoms with Crippen molar-refractivity contribution in [2.24, 2.45) is 11.5 Å². The molecule has 4 N–H and O–H groups in total. The van der Waals surface area contributed by atoms with Crippen molar-refractivity contribution in [1.82, 2.24) is 9.97 Å². The Bertz CT molecular complexity index is 1080. The second-order valence-electron chi connectivity index (χ2n) is 8.70. The Morgan fingerprint density at radius 1 is 1.03 bits per heavy atom. The zero-order valence-corrected chi connectivity index (χ0v) is 18.8. The molecule has 162 valence electrons. The first-order valence-corrected chi connectivity index (χ1v) is 11.2. The zero-order chi connectivity index (χ0) is 22.0. The summed E-state index contributed by atoms with van der Waals surface area (Å²) in [4.78, 5) is 9.75. The summed E-state index contributed by atoms with van der Waals surface area (Å²) in [5.41, 5.74) is 14.8. The summed E-state index contributed by atoms with van der Waals surface area (Å²) in [5, 5.41) is 1.75. The molecule has 1 aliphatic carbocycles. The Morgan fingerprint density at radius 2 is 1.74 bits per heavy atom. The minimum Gasteiger partial charge on any atom is -0.491 e. The van der Waals surface area contributed by atoms with Crippen LogP contribution in [0, 0.1) is 0 Å². The molecule has 0 spiro atoms. The van der Waals surface area contributed by atoms with Gasteiger partial charge in [0, 0.05) is 16.3 Å². The highest BCUT2D eigenvalue weighted by Gasteiger charge is 2.30. The van der Waals surface area contributed by atoms with Crippen LogP contribution in [-0.4, -0.2) is 21.7 Å². The standard InChI is InChI=1S/C25H29ClN4O/c1-16(2)31-20-8-9-22-21(15-20)24(18-11-13-25(27,28)14-12-18)30-23(29-22)10-5-17-3-6-19(26)7-4-17/h3-10,15-16,18H,11-14,27-28H2,1-2H3. The van der Waals surface area contributed by atoms with Crippen molar-refractivity contribution < 1.29 is 4.74 Å². The monoisotopic (exact) mass is 436 g/mol. The molecular formula is C25H29ClN4O. The van der Waals surface area contributed by atoms with E-state index in [1.807, 2.05) is 62.4 Å². The van der Waals surface area contributed by atoms with Crippen LogP contribution >= 0.6 is 11.6 Å². The van der Waals surface area contributed by atoms with E-state index in [0.29, 0.717) is 16.8 Å². The Balaban J connectivity index is 1.73. The van der Waals surface area contributed by atoms with Crippen molar-refractivity contribution in [2.45, 2.75) is 57.2 Å². The van der Waals surface area contributed by atoms with Crippen LogP contribution in [0.1, 0.15) is 62.5 Å². The number of ether oxygens (including phenoxy) is 1. The molecule has 0 amide bonds. The molecule has 2 aromatic carbocycles. The number of halogens is 1. The molecule has 0 aliphatic heterocycles. The summed E-state index contributed by atoms with van der Waals surface area (Å²) < 4.78 is 5.92. The van der Waals surface area contributed by atoms with Gasteiger partial charge in [-0.3, -0.25) is 0 Å². The third-order valence-electron chi connectivity index (χ3n) is 5.68. The van der Waals surface area contributed by atoms with E-state index in [-0.39, 0.29) is 6.10 Å². The van der Waals surface area contributed by atoms with Crippen LogP contribution in [-0.2, 0) is 0 Å². The number of aromatic nitrogens is 2. The quantitative estimate of drug-likeness (QED) is 0.514. The van der Waals surface area contributed by atoms with Gasteiger partial charge in [0.1, 0.15) is 5.75 Å². The smallest absolute Gasteiger partial charge is 0.152 e. The highest BCUT2D eigenvalue weighted by atomic mass is 35.5. The van der Waals surface area contributed by atoms with Gasteiger partial charge in [0.25, 0.3) is 0 Å². The molecule has 0 radical (unpaired) electrons. The van der Waals surface area contributed by atoms with Crippen molar-refractivity contribution in [3.05, 3.63) is 64.6 Å². The van der Waals surface area contributed by atoms with E-state index in [1.165, 1.54) is 0 Å². The molecule has 4 rings (SSSR count). The van der Waals surface area contributed by atoms with Crippen molar-refractivity contribution in [3.8, 4) is 5.75 Å². The predicted molar refractivity (Wildman–Crippen MR) is 128 cm³/mol. The Hall–Kier alpha value is -2.47. The normalized spacial score (nSPS) is 17.0. The summed E-state index contributed by atoms with van der Waals surface area (Å²) in [6, 6.07) is 13.7. The number of benzene rings is 2. The largest absolute Gasteiger partial charge is 0.491 e. The van der Waals surface area contributed by atoms with Crippen LogP contribution in [0.4, 0.5) is 0 Å². The van der Waals surface area contributed by atoms with Gasteiger partial charge in [-0.05, 0) is 81.5 Å². The first kappa shape index (κ1) is 21.8. The molecule has 6 heteroatoms. The Labute approximate surface area is 188 Å². The number of hydrogen-bond donors (Lipinski definition) is 2. The maximum Gasteiger partial charge on any atom is 0.152 e. The molecule has 1 saturated carbocycles. The third kappa shape index (κ3) is 5.42. The van der Waals surface area contributed by atoms with E-state index in [0.717, 1.165) is 53.6 Å². The maximum atomic E-state index is 6.17. The molecule has 31 heavy (non-hydrogen) atoms. The van der Waals surface area contributed by atoms with Gasteiger partial charge in [-0.2, -0.15) is 0 Å². The minimum atomic E-state index is -0.581. The zero-order valence-electron chi connectivity index (χ0n) is 18.0. The molecule has 0 saturated heterocycles. The molecule has 1 fully saturated rings. The van der Waals surface area contributed by atoms with Crippen LogP contribution in [0.5, 0.6) is 5.75 Å². The average Bonchev–Trinajstić information content (AvgIpc) is 2.72. The highest BCUT2D eigenvalue weighted by molar-refractivity contribution is 6.30. The van der Waals surface area contributed by atoms with Gasteiger partial charge in [0.05, 0.1) is 23.0 Å². The van der Waals surface area contributed by atoms with Crippen LogP contribution in [0.15, 0.2) is 42.5 Å². The molecule has 1 aliphatic rings. The van der Waals surface area contributed by atoms with E-state index in [9.17, 15) is 0 Å². The van der Waals surface area contributed by atoms with Gasteiger partial charge >= 0.3 is 0 Å². The lowest BCUT2D eigenvalue weighted by molar-refractivity contribution is 0.242. The summed E-state index contributed by atoms with van der Waals surface area (Å²) >= 11 is 5.99. The van der Waals surface area contributed by atoms with Gasteiger partial charge in [-0.25, -0.2) is 9.97 Å². The first-order chi connectivity index (χ1) is 14.8.